The van der Waals surface area contributed by atoms with Gasteiger partial charge in [0.25, 0.3) is 0 Å². The molecule has 0 unspecified atom stereocenters. The van der Waals surface area contributed by atoms with E-state index in [1.54, 1.807) is 0 Å². The lowest BCUT2D eigenvalue weighted by Crippen LogP contribution is -2.14. The van der Waals surface area contributed by atoms with Crippen LogP contribution in [0.3, 0.4) is 0 Å². The van der Waals surface area contributed by atoms with Gasteiger partial charge in [-0.3, -0.25) is 0 Å². The van der Waals surface area contributed by atoms with E-state index >= 15 is 0 Å². The summed E-state index contributed by atoms with van der Waals surface area (Å²) in [6, 6.07) is 4.28. The van der Waals surface area contributed by atoms with Gasteiger partial charge in [-0.1, -0.05) is 19.1 Å². The summed E-state index contributed by atoms with van der Waals surface area (Å²) in [5.74, 6) is 0.901. The molecule has 0 saturated carbocycles. The van der Waals surface area contributed by atoms with Crippen molar-refractivity contribution in [2.45, 2.75) is 33.7 Å². The Morgan fingerprint density at radius 2 is 1.88 bits per heavy atom. The number of nitrogens with one attached hydrogen (secondary N) is 1. The van der Waals surface area contributed by atoms with E-state index in [-0.39, 0.29) is 6.61 Å². The minimum absolute atomic E-state index is 0.0543. The van der Waals surface area contributed by atoms with Crippen LogP contribution in [-0.4, -0.2) is 24.9 Å². The first-order valence-corrected chi connectivity index (χ1v) is 6.23. The lowest BCUT2D eigenvalue weighted by Gasteiger charge is -2.13. The smallest absolute Gasteiger partial charge is 0.125 e. The van der Waals surface area contributed by atoms with Crippen molar-refractivity contribution in [3.63, 3.8) is 0 Å². The van der Waals surface area contributed by atoms with Gasteiger partial charge in [-0.05, 0) is 43.5 Å². The number of hydrogen-bond acceptors (Lipinski definition) is 3. The number of aryl methyl sites for hydroxylation is 2. The maximum atomic E-state index is 8.77. The Balaban J connectivity index is 2.71. The van der Waals surface area contributed by atoms with Gasteiger partial charge in [0.15, 0.2) is 0 Å². The van der Waals surface area contributed by atoms with E-state index in [4.69, 9.17) is 9.84 Å². The Labute approximate surface area is 104 Å². The largest absolute Gasteiger partial charge is 0.491 e. The number of hydrogen-bond donors (Lipinski definition) is 2. The normalized spacial score (nSPS) is 10.6. The molecule has 1 aromatic rings. The summed E-state index contributed by atoms with van der Waals surface area (Å²) in [5, 5.41) is 12.2. The van der Waals surface area contributed by atoms with Crippen LogP contribution in [-0.2, 0) is 6.54 Å². The molecule has 0 aliphatic rings. The SMILES string of the molecule is CCCNCc1cc(C)c(OCCO)c(C)c1. The Morgan fingerprint density at radius 3 is 2.41 bits per heavy atom. The highest BCUT2D eigenvalue weighted by molar-refractivity contribution is 5.43. The van der Waals surface area contributed by atoms with Gasteiger partial charge in [-0.2, -0.15) is 0 Å². The van der Waals surface area contributed by atoms with Crippen molar-refractivity contribution in [1.82, 2.24) is 5.32 Å². The molecule has 96 valence electrons. The first-order valence-electron chi connectivity index (χ1n) is 6.23. The third-order valence-electron chi connectivity index (χ3n) is 2.61. The van der Waals surface area contributed by atoms with Crippen LogP contribution in [0.2, 0.25) is 0 Å². The average molecular weight is 237 g/mol. The lowest BCUT2D eigenvalue weighted by molar-refractivity contribution is 0.200. The molecule has 0 spiro atoms. The summed E-state index contributed by atoms with van der Waals surface area (Å²) in [6.07, 6.45) is 1.15. The summed E-state index contributed by atoms with van der Waals surface area (Å²) in [4.78, 5) is 0. The molecule has 0 aliphatic carbocycles. The zero-order valence-corrected chi connectivity index (χ0v) is 11.0. The van der Waals surface area contributed by atoms with Crippen LogP contribution < -0.4 is 10.1 Å². The molecule has 0 amide bonds. The second-order valence-electron chi connectivity index (χ2n) is 4.31. The summed E-state index contributed by atoms with van der Waals surface area (Å²) in [7, 11) is 0. The molecule has 0 radical (unpaired) electrons. The number of benzene rings is 1. The predicted octanol–water partition coefficient (Wildman–Crippen LogP) is 2.17. The Bertz CT molecular complexity index is 327. The zero-order chi connectivity index (χ0) is 12.7. The number of aliphatic hydroxyl groups is 1. The van der Waals surface area contributed by atoms with Gasteiger partial charge in [-0.25, -0.2) is 0 Å². The Morgan fingerprint density at radius 1 is 1.24 bits per heavy atom. The van der Waals surface area contributed by atoms with E-state index in [9.17, 15) is 0 Å². The molecular formula is C14H23NO2. The van der Waals surface area contributed by atoms with Gasteiger partial charge in [0.1, 0.15) is 12.4 Å². The number of aliphatic hydroxyl groups excluding tert-OH is 1. The molecule has 1 aromatic carbocycles. The van der Waals surface area contributed by atoms with Crippen LogP contribution in [0.4, 0.5) is 0 Å². The minimum Gasteiger partial charge on any atom is -0.491 e. The molecule has 0 bridgehead atoms. The maximum absolute atomic E-state index is 8.77. The van der Waals surface area contributed by atoms with E-state index in [2.05, 4.69) is 24.4 Å². The third kappa shape index (κ3) is 4.36. The average Bonchev–Trinajstić information content (AvgIpc) is 2.28. The molecule has 0 atom stereocenters. The van der Waals surface area contributed by atoms with Crippen LogP contribution in [0.5, 0.6) is 5.75 Å². The van der Waals surface area contributed by atoms with Crippen LogP contribution in [0.25, 0.3) is 0 Å². The molecule has 0 aliphatic heterocycles. The lowest BCUT2D eigenvalue weighted by atomic mass is 10.1. The van der Waals surface area contributed by atoms with Gasteiger partial charge in [0.2, 0.25) is 0 Å². The van der Waals surface area contributed by atoms with E-state index in [0.29, 0.717) is 6.61 Å². The van der Waals surface area contributed by atoms with Crippen LogP contribution in [0.1, 0.15) is 30.0 Å². The summed E-state index contributed by atoms with van der Waals surface area (Å²) >= 11 is 0. The zero-order valence-electron chi connectivity index (χ0n) is 11.0. The maximum Gasteiger partial charge on any atom is 0.125 e. The molecule has 1 rings (SSSR count). The van der Waals surface area contributed by atoms with E-state index < -0.39 is 0 Å². The van der Waals surface area contributed by atoms with Gasteiger partial charge >= 0.3 is 0 Å². The Kier molecular flexibility index (Phi) is 6.01. The van der Waals surface area contributed by atoms with Crippen molar-refractivity contribution in [3.8, 4) is 5.75 Å². The quantitative estimate of drug-likeness (QED) is 0.714. The van der Waals surface area contributed by atoms with Crippen molar-refractivity contribution in [3.05, 3.63) is 28.8 Å². The summed E-state index contributed by atoms with van der Waals surface area (Å²) in [6.45, 7) is 8.60. The molecule has 2 N–H and O–H groups in total. The first-order chi connectivity index (χ1) is 8.19. The molecule has 3 heteroatoms. The van der Waals surface area contributed by atoms with Gasteiger partial charge in [0, 0.05) is 6.54 Å². The second kappa shape index (κ2) is 7.30. The van der Waals surface area contributed by atoms with E-state index in [0.717, 1.165) is 36.4 Å². The fraction of sp³-hybridized carbons (Fsp3) is 0.571. The third-order valence-corrected chi connectivity index (χ3v) is 2.61. The van der Waals surface area contributed by atoms with Crippen molar-refractivity contribution in [1.29, 1.82) is 0 Å². The van der Waals surface area contributed by atoms with Gasteiger partial charge in [0.05, 0.1) is 6.61 Å². The van der Waals surface area contributed by atoms with Crippen LogP contribution in [0.15, 0.2) is 12.1 Å². The minimum atomic E-state index is 0.0543. The molecule has 0 heterocycles. The van der Waals surface area contributed by atoms with Crippen molar-refractivity contribution < 1.29 is 9.84 Å². The molecular weight excluding hydrogens is 214 g/mol. The highest BCUT2D eigenvalue weighted by Crippen LogP contribution is 2.24. The van der Waals surface area contributed by atoms with Gasteiger partial charge in [-0.15, -0.1) is 0 Å². The summed E-state index contributed by atoms with van der Waals surface area (Å²) in [5.41, 5.74) is 3.54. The Hall–Kier alpha value is -1.06. The molecule has 0 aromatic heterocycles. The molecule has 17 heavy (non-hydrogen) atoms. The highest BCUT2D eigenvalue weighted by atomic mass is 16.5. The first kappa shape index (κ1) is 14.0. The van der Waals surface area contributed by atoms with Gasteiger partial charge < -0.3 is 15.2 Å². The van der Waals surface area contributed by atoms with Crippen molar-refractivity contribution >= 4 is 0 Å². The van der Waals surface area contributed by atoms with E-state index in [1.165, 1.54) is 5.56 Å². The molecule has 3 nitrogen and oxygen atoms in total. The van der Waals surface area contributed by atoms with Crippen molar-refractivity contribution in [2.75, 3.05) is 19.8 Å². The molecule has 0 fully saturated rings. The predicted molar refractivity (Wildman–Crippen MR) is 70.5 cm³/mol. The number of rotatable bonds is 7. The number of ether oxygens (including phenoxy) is 1. The van der Waals surface area contributed by atoms with E-state index in [1.807, 2.05) is 13.8 Å². The fourth-order valence-corrected chi connectivity index (χ4v) is 1.93. The fourth-order valence-electron chi connectivity index (χ4n) is 1.93. The topological polar surface area (TPSA) is 41.5 Å². The molecule has 0 saturated heterocycles. The van der Waals surface area contributed by atoms with Crippen LogP contribution >= 0.6 is 0 Å². The second-order valence-corrected chi connectivity index (χ2v) is 4.31. The van der Waals surface area contributed by atoms with Crippen LogP contribution in [0, 0.1) is 13.8 Å². The van der Waals surface area contributed by atoms with Crippen molar-refractivity contribution in [2.24, 2.45) is 0 Å². The monoisotopic (exact) mass is 237 g/mol. The standard InChI is InChI=1S/C14H23NO2/c1-4-5-15-10-13-8-11(2)14(12(3)9-13)17-7-6-16/h8-9,15-16H,4-7,10H2,1-3H3. The summed E-state index contributed by atoms with van der Waals surface area (Å²) < 4.78 is 5.53. The highest BCUT2D eigenvalue weighted by Gasteiger charge is 2.06.